The van der Waals surface area contributed by atoms with Gasteiger partial charge in [0.15, 0.2) is 0 Å². The van der Waals surface area contributed by atoms with E-state index in [0.717, 1.165) is 0 Å². The molecule has 0 fully saturated rings. The van der Waals surface area contributed by atoms with Crippen LogP contribution >= 0.6 is 0 Å². The molecule has 0 atom stereocenters. The fourth-order valence-corrected chi connectivity index (χ4v) is 0.528. The molecule has 0 saturated heterocycles. The van der Waals surface area contributed by atoms with Crippen molar-refractivity contribution in [2.45, 2.75) is 0 Å². The number of aliphatic hydroxyl groups excluding tert-OH is 1. The van der Waals surface area contributed by atoms with Gasteiger partial charge >= 0.3 is 0 Å². The van der Waals surface area contributed by atoms with E-state index >= 15 is 0 Å². The van der Waals surface area contributed by atoms with E-state index in [1.165, 1.54) is 6.33 Å². The van der Waals surface area contributed by atoms with Crippen LogP contribution in [-0.4, -0.2) is 26.5 Å². The predicted octanol–water partition coefficient (Wildman–Crippen LogP) is -0.841. The molecular formula is C6H7N3O. The Balaban J connectivity index is 2.84. The van der Waals surface area contributed by atoms with Crippen LogP contribution in [0.4, 0.5) is 0 Å². The highest BCUT2D eigenvalue weighted by atomic mass is 16.2. The van der Waals surface area contributed by atoms with Gasteiger partial charge in [-0.25, -0.2) is 9.67 Å². The SMILES string of the molecule is Cn1ncnc1C#CCO. The van der Waals surface area contributed by atoms with E-state index in [0.29, 0.717) is 5.82 Å². The van der Waals surface area contributed by atoms with Crippen LogP contribution in [0.5, 0.6) is 0 Å². The van der Waals surface area contributed by atoms with Crippen molar-refractivity contribution >= 4 is 0 Å². The minimum absolute atomic E-state index is 0.146. The number of aliphatic hydroxyl groups is 1. The molecule has 10 heavy (non-hydrogen) atoms. The zero-order valence-corrected chi connectivity index (χ0v) is 5.57. The van der Waals surface area contributed by atoms with Crippen LogP contribution in [0.3, 0.4) is 0 Å². The Bertz CT molecular complexity index is 268. The highest BCUT2D eigenvalue weighted by Gasteiger charge is 1.91. The smallest absolute Gasteiger partial charge is 0.203 e. The van der Waals surface area contributed by atoms with E-state index in [4.69, 9.17) is 5.11 Å². The topological polar surface area (TPSA) is 50.9 Å². The summed E-state index contributed by atoms with van der Waals surface area (Å²) in [6.07, 6.45) is 1.42. The molecule has 0 radical (unpaired) electrons. The van der Waals surface area contributed by atoms with Gasteiger partial charge in [0, 0.05) is 7.05 Å². The molecule has 0 saturated carbocycles. The molecule has 0 aliphatic rings. The van der Waals surface area contributed by atoms with Crippen LogP contribution in [0, 0.1) is 11.8 Å². The highest BCUT2D eigenvalue weighted by molar-refractivity contribution is 5.19. The summed E-state index contributed by atoms with van der Waals surface area (Å²) in [7, 11) is 1.74. The first-order valence-corrected chi connectivity index (χ1v) is 2.78. The summed E-state index contributed by atoms with van der Waals surface area (Å²) in [5.74, 6) is 5.67. The molecule has 0 aliphatic heterocycles. The van der Waals surface area contributed by atoms with Crippen molar-refractivity contribution in [1.29, 1.82) is 0 Å². The second-order valence-electron chi connectivity index (χ2n) is 1.67. The van der Waals surface area contributed by atoms with Gasteiger partial charge < -0.3 is 5.11 Å². The average molecular weight is 137 g/mol. The van der Waals surface area contributed by atoms with E-state index in [-0.39, 0.29) is 6.61 Å². The van der Waals surface area contributed by atoms with Crippen molar-refractivity contribution in [2.24, 2.45) is 7.05 Å². The third-order valence-electron chi connectivity index (χ3n) is 0.991. The molecule has 4 nitrogen and oxygen atoms in total. The third kappa shape index (κ3) is 1.33. The number of aryl methyl sites for hydroxylation is 1. The summed E-state index contributed by atoms with van der Waals surface area (Å²) in [5.41, 5.74) is 0. The van der Waals surface area contributed by atoms with E-state index in [9.17, 15) is 0 Å². The summed E-state index contributed by atoms with van der Waals surface area (Å²) in [4.78, 5) is 3.82. The van der Waals surface area contributed by atoms with Gasteiger partial charge in [-0.15, -0.1) is 0 Å². The summed E-state index contributed by atoms with van der Waals surface area (Å²) < 4.78 is 1.54. The van der Waals surface area contributed by atoms with Crippen molar-refractivity contribution in [2.75, 3.05) is 6.61 Å². The molecule has 0 bridgehead atoms. The van der Waals surface area contributed by atoms with E-state index in [1.54, 1.807) is 11.7 Å². The summed E-state index contributed by atoms with van der Waals surface area (Å²) >= 11 is 0. The van der Waals surface area contributed by atoms with Crippen molar-refractivity contribution < 1.29 is 5.11 Å². The van der Waals surface area contributed by atoms with Crippen molar-refractivity contribution in [3.8, 4) is 11.8 Å². The first-order valence-electron chi connectivity index (χ1n) is 2.78. The fraction of sp³-hybridized carbons (Fsp3) is 0.333. The first kappa shape index (κ1) is 6.78. The lowest BCUT2D eigenvalue weighted by molar-refractivity contribution is 0.350. The molecule has 0 unspecified atom stereocenters. The Labute approximate surface area is 58.5 Å². The predicted molar refractivity (Wildman–Crippen MR) is 35.0 cm³/mol. The summed E-state index contributed by atoms with van der Waals surface area (Å²) in [6.45, 7) is -0.146. The lowest BCUT2D eigenvalue weighted by Gasteiger charge is -1.85. The molecule has 1 heterocycles. The molecule has 1 rings (SSSR count). The highest BCUT2D eigenvalue weighted by Crippen LogP contribution is 1.84. The van der Waals surface area contributed by atoms with Gasteiger partial charge in [0.05, 0.1) is 0 Å². The number of nitrogens with zero attached hydrogens (tertiary/aromatic N) is 3. The quantitative estimate of drug-likeness (QED) is 0.474. The van der Waals surface area contributed by atoms with Crippen LogP contribution in [-0.2, 0) is 7.05 Å². The van der Waals surface area contributed by atoms with Gasteiger partial charge in [0.25, 0.3) is 0 Å². The first-order chi connectivity index (χ1) is 4.84. The van der Waals surface area contributed by atoms with Crippen LogP contribution in [0.15, 0.2) is 6.33 Å². The maximum atomic E-state index is 8.32. The number of hydrogen-bond acceptors (Lipinski definition) is 3. The van der Waals surface area contributed by atoms with Gasteiger partial charge in [-0.3, -0.25) is 0 Å². The number of aromatic nitrogens is 3. The van der Waals surface area contributed by atoms with Crippen LogP contribution in [0.2, 0.25) is 0 Å². The molecule has 0 aliphatic carbocycles. The second kappa shape index (κ2) is 2.99. The molecule has 4 heteroatoms. The monoisotopic (exact) mass is 137 g/mol. The van der Waals surface area contributed by atoms with Gasteiger partial charge in [-0.2, -0.15) is 5.10 Å². The maximum Gasteiger partial charge on any atom is 0.203 e. The fourth-order valence-electron chi connectivity index (χ4n) is 0.528. The summed E-state index contributed by atoms with van der Waals surface area (Å²) in [6, 6.07) is 0. The second-order valence-corrected chi connectivity index (χ2v) is 1.67. The molecule has 1 N–H and O–H groups in total. The molecule has 1 aromatic rings. The normalized spacial score (nSPS) is 8.60. The van der Waals surface area contributed by atoms with Crippen LogP contribution < -0.4 is 0 Å². The molecule has 0 aromatic carbocycles. The van der Waals surface area contributed by atoms with Crippen LogP contribution in [0.1, 0.15) is 5.82 Å². The Kier molecular flexibility index (Phi) is 2.03. The largest absolute Gasteiger partial charge is 0.384 e. The molecular weight excluding hydrogens is 130 g/mol. The lowest BCUT2D eigenvalue weighted by atomic mass is 10.5. The summed E-state index contributed by atoms with van der Waals surface area (Å²) in [5, 5.41) is 12.1. The van der Waals surface area contributed by atoms with Gasteiger partial charge in [0.1, 0.15) is 12.9 Å². The Morgan fingerprint density at radius 2 is 2.60 bits per heavy atom. The Morgan fingerprint density at radius 1 is 1.80 bits per heavy atom. The van der Waals surface area contributed by atoms with Gasteiger partial charge in [0.2, 0.25) is 5.82 Å². The lowest BCUT2D eigenvalue weighted by Crippen LogP contribution is -1.94. The van der Waals surface area contributed by atoms with E-state index in [2.05, 4.69) is 21.9 Å². The van der Waals surface area contributed by atoms with E-state index in [1.807, 2.05) is 0 Å². The zero-order chi connectivity index (χ0) is 7.40. The minimum atomic E-state index is -0.146. The maximum absolute atomic E-state index is 8.32. The van der Waals surface area contributed by atoms with Gasteiger partial charge in [-0.1, -0.05) is 5.92 Å². The Morgan fingerprint density at radius 3 is 3.10 bits per heavy atom. The zero-order valence-electron chi connectivity index (χ0n) is 5.57. The number of hydrogen-bond donors (Lipinski definition) is 1. The van der Waals surface area contributed by atoms with Crippen molar-refractivity contribution in [1.82, 2.24) is 14.8 Å². The Hall–Kier alpha value is -1.34. The van der Waals surface area contributed by atoms with Crippen LogP contribution in [0.25, 0.3) is 0 Å². The van der Waals surface area contributed by atoms with Gasteiger partial charge in [-0.05, 0) is 5.92 Å². The van der Waals surface area contributed by atoms with Crippen molar-refractivity contribution in [3.05, 3.63) is 12.2 Å². The molecule has 0 amide bonds. The minimum Gasteiger partial charge on any atom is -0.384 e. The standard InChI is InChI=1S/C6H7N3O/c1-9-6(3-2-4-10)7-5-8-9/h5,10H,4H2,1H3. The number of rotatable bonds is 0. The molecule has 0 spiro atoms. The molecule has 52 valence electrons. The van der Waals surface area contributed by atoms with E-state index < -0.39 is 0 Å². The van der Waals surface area contributed by atoms with Crippen molar-refractivity contribution in [3.63, 3.8) is 0 Å². The molecule has 1 aromatic heterocycles. The average Bonchev–Trinajstić information content (AvgIpc) is 2.31. The third-order valence-corrected chi connectivity index (χ3v) is 0.991.